The van der Waals surface area contributed by atoms with Crippen LogP contribution in [0.15, 0.2) is 0 Å². The van der Waals surface area contributed by atoms with E-state index in [1.165, 1.54) is 0 Å². The summed E-state index contributed by atoms with van der Waals surface area (Å²) in [6.45, 7) is -1.89. The zero-order valence-electron chi connectivity index (χ0n) is 23.8. The Morgan fingerprint density at radius 2 is 1.57 bits per heavy atom. The number of amides is 1. The van der Waals surface area contributed by atoms with Gasteiger partial charge in [-0.1, -0.05) is 0 Å². The van der Waals surface area contributed by atoms with E-state index in [9.17, 15) is 44.2 Å². The molecule has 3 fully saturated rings. The number of carbonyl (C=O) groups excluding carboxylic acids is 1. The highest BCUT2D eigenvalue weighted by molar-refractivity contribution is 5.82. The zero-order chi connectivity index (χ0) is 32.9. The van der Waals surface area contributed by atoms with Gasteiger partial charge >= 0.3 is 0 Å². The maximum atomic E-state index is 14.0. The van der Waals surface area contributed by atoms with Gasteiger partial charge in [-0.05, 0) is 12.8 Å². The Labute approximate surface area is 251 Å². The highest BCUT2D eigenvalue weighted by Crippen LogP contribution is 2.32. The maximum absolute atomic E-state index is 14.0. The standard InChI is InChI=1S/C24H46F2N6O12/c25-24(26,7-27)20(39)21(40)32-10-3-8(28)18(43-22-9(29)4-11(35)12(41-22)5-31-1-2-33)17(38)19(10)44-23-16(37)14(30)15(36)13(6-34)42-23/h8-20,22-23,31,33-39H,1-7,27-30H2,(H,32,40)/t8-,9+,10+,11-,12+,13+,14-,15+,16+,17-,18?,19-,20?,22+,23+/m0/s1. The number of aliphatic hydroxyl groups is 7. The molecule has 0 aromatic rings. The lowest BCUT2D eigenvalue weighted by molar-refractivity contribution is -0.316. The third kappa shape index (κ3) is 8.53. The highest BCUT2D eigenvalue weighted by Gasteiger charge is 2.52. The number of halogens is 2. The van der Waals surface area contributed by atoms with Gasteiger partial charge in [0.15, 0.2) is 18.7 Å². The van der Waals surface area contributed by atoms with E-state index in [1.54, 1.807) is 0 Å². The van der Waals surface area contributed by atoms with Crippen LogP contribution in [0.2, 0.25) is 0 Å². The van der Waals surface area contributed by atoms with E-state index in [1.807, 2.05) is 0 Å². The van der Waals surface area contributed by atoms with Crippen molar-refractivity contribution in [1.82, 2.24) is 10.6 Å². The number of rotatable bonds is 13. The van der Waals surface area contributed by atoms with Gasteiger partial charge in [0.1, 0.15) is 36.6 Å². The molecule has 20 heteroatoms. The largest absolute Gasteiger partial charge is 0.395 e. The van der Waals surface area contributed by atoms with E-state index in [4.69, 9.17) is 47.0 Å². The predicted molar refractivity (Wildman–Crippen MR) is 143 cm³/mol. The van der Waals surface area contributed by atoms with Gasteiger partial charge in [0.05, 0.1) is 50.1 Å². The SMILES string of the molecule is NCC(F)(F)C(O)C(=O)N[C@@H]1C[C@H](N)C(O[C@H]2O[C@H](CNCCO)[C@@H](O)C[C@H]2N)[C@H](O)[C@H]1O[C@H]1O[C@H](CO)[C@@H](O)[C@H](N)[C@H]1O. The first-order valence-corrected chi connectivity index (χ1v) is 14.3. The van der Waals surface area contributed by atoms with Crippen LogP contribution in [0.3, 0.4) is 0 Å². The maximum Gasteiger partial charge on any atom is 0.294 e. The summed E-state index contributed by atoms with van der Waals surface area (Å²) in [5, 5.41) is 76.1. The molecule has 2 unspecified atom stereocenters. The van der Waals surface area contributed by atoms with Crippen molar-refractivity contribution in [2.45, 2.75) is 110 Å². The van der Waals surface area contributed by atoms with E-state index >= 15 is 0 Å². The summed E-state index contributed by atoms with van der Waals surface area (Å²) < 4.78 is 50.9. The average molecular weight is 649 g/mol. The minimum Gasteiger partial charge on any atom is -0.395 e. The smallest absolute Gasteiger partial charge is 0.294 e. The second-order valence-corrected chi connectivity index (χ2v) is 11.3. The molecule has 0 radical (unpaired) electrons. The summed E-state index contributed by atoms with van der Waals surface area (Å²) in [6, 6.07) is -4.78. The number of nitrogens with two attached hydrogens (primary N) is 4. The molecule has 15 atom stereocenters. The highest BCUT2D eigenvalue weighted by atomic mass is 19.3. The first kappa shape index (κ1) is 37.2. The Morgan fingerprint density at radius 3 is 2.18 bits per heavy atom. The van der Waals surface area contributed by atoms with Crippen molar-refractivity contribution in [3.05, 3.63) is 0 Å². The molecule has 44 heavy (non-hydrogen) atoms. The van der Waals surface area contributed by atoms with Gasteiger partial charge in [-0.3, -0.25) is 4.79 Å². The van der Waals surface area contributed by atoms with Crippen LogP contribution in [0.5, 0.6) is 0 Å². The Bertz CT molecular complexity index is 918. The molecule has 1 amide bonds. The predicted octanol–water partition coefficient (Wildman–Crippen LogP) is -7.56. The van der Waals surface area contributed by atoms with Crippen molar-refractivity contribution in [2.24, 2.45) is 22.9 Å². The van der Waals surface area contributed by atoms with E-state index in [0.29, 0.717) is 0 Å². The van der Waals surface area contributed by atoms with Gasteiger partial charge in [-0.2, -0.15) is 0 Å². The molecular formula is C24H46F2N6O12. The van der Waals surface area contributed by atoms with Crippen molar-refractivity contribution in [3.8, 4) is 0 Å². The summed E-state index contributed by atoms with van der Waals surface area (Å²) >= 11 is 0. The molecule has 17 N–H and O–H groups in total. The Hall–Kier alpha value is -1.31. The van der Waals surface area contributed by atoms with E-state index in [-0.39, 0.29) is 32.5 Å². The second kappa shape index (κ2) is 16.0. The molecule has 3 rings (SSSR count). The number of aliphatic hydroxyl groups excluding tert-OH is 7. The van der Waals surface area contributed by atoms with Gasteiger partial charge in [-0.15, -0.1) is 0 Å². The van der Waals surface area contributed by atoms with Crippen LogP contribution < -0.4 is 33.6 Å². The molecule has 258 valence electrons. The van der Waals surface area contributed by atoms with E-state index in [2.05, 4.69) is 10.6 Å². The van der Waals surface area contributed by atoms with Crippen LogP contribution in [0.1, 0.15) is 12.8 Å². The fourth-order valence-electron chi connectivity index (χ4n) is 5.39. The van der Waals surface area contributed by atoms with Crippen molar-refractivity contribution in [3.63, 3.8) is 0 Å². The molecule has 18 nitrogen and oxygen atoms in total. The van der Waals surface area contributed by atoms with Crippen LogP contribution in [0, 0.1) is 0 Å². The molecule has 2 aliphatic heterocycles. The van der Waals surface area contributed by atoms with Gasteiger partial charge in [0.2, 0.25) is 0 Å². The summed E-state index contributed by atoms with van der Waals surface area (Å²) in [5.74, 6) is -5.56. The molecule has 0 spiro atoms. The van der Waals surface area contributed by atoms with Gasteiger partial charge in [-0.25, -0.2) is 8.78 Å². The first-order chi connectivity index (χ1) is 20.7. The number of hydrogen-bond acceptors (Lipinski definition) is 17. The number of nitrogens with one attached hydrogen (secondary N) is 2. The lowest BCUT2D eigenvalue weighted by atomic mass is 9.83. The van der Waals surface area contributed by atoms with Crippen LogP contribution in [0.25, 0.3) is 0 Å². The fourth-order valence-corrected chi connectivity index (χ4v) is 5.39. The van der Waals surface area contributed by atoms with Crippen molar-refractivity contribution >= 4 is 5.91 Å². The van der Waals surface area contributed by atoms with Gasteiger partial charge in [0, 0.05) is 19.1 Å². The molecule has 2 heterocycles. The average Bonchev–Trinajstić information content (AvgIpc) is 2.98. The summed E-state index contributed by atoms with van der Waals surface area (Å²) in [7, 11) is 0. The normalized spacial score (nSPS) is 42.6. The third-order valence-electron chi connectivity index (χ3n) is 8.02. The summed E-state index contributed by atoms with van der Waals surface area (Å²) in [6.07, 6.45) is -17.2. The van der Waals surface area contributed by atoms with Gasteiger partial charge in [0.25, 0.3) is 11.8 Å². The molecule has 0 bridgehead atoms. The summed E-state index contributed by atoms with van der Waals surface area (Å²) in [4.78, 5) is 12.6. The molecule has 0 aromatic heterocycles. The van der Waals surface area contributed by atoms with E-state index < -0.39 is 117 Å². The molecule has 1 aliphatic carbocycles. The van der Waals surface area contributed by atoms with Crippen LogP contribution in [0.4, 0.5) is 8.78 Å². The molecule has 1 saturated carbocycles. The zero-order valence-corrected chi connectivity index (χ0v) is 23.8. The Kier molecular flexibility index (Phi) is 13.5. The topological polar surface area (TPSA) is 324 Å². The lowest BCUT2D eigenvalue weighted by Gasteiger charge is -2.48. The Balaban J connectivity index is 1.84. The van der Waals surface area contributed by atoms with Crippen LogP contribution in [-0.4, -0.2) is 172 Å². The Morgan fingerprint density at radius 1 is 0.932 bits per heavy atom. The van der Waals surface area contributed by atoms with Crippen molar-refractivity contribution in [1.29, 1.82) is 0 Å². The molecule has 3 aliphatic rings. The molecule has 0 aromatic carbocycles. The van der Waals surface area contributed by atoms with Crippen LogP contribution in [-0.2, 0) is 23.7 Å². The third-order valence-corrected chi connectivity index (χ3v) is 8.02. The molecule has 2 saturated heterocycles. The number of alkyl halides is 2. The number of ether oxygens (including phenoxy) is 4. The minimum atomic E-state index is -4.00. The fraction of sp³-hybridized carbons (Fsp3) is 0.958. The molecular weight excluding hydrogens is 602 g/mol. The number of hydrogen-bond donors (Lipinski definition) is 13. The quantitative estimate of drug-likeness (QED) is 0.0825. The second-order valence-electron chi connectivity index (χ2n) is 11.3. The lowest BCUT2D eigenvalue weighted by Crippen LogP contribution is -2.69. The van der Waals surface area contributed by atoms with E-state index in [0.717, 1.165) is 0 Å². The van der Waals surface area contributed by atoms with Crippen LogP contribution >= 0.6 is 0 Å². The number of carbonyl (C=O) groups is 1. The van der Waals surface area contributed by atoms with Crippen molar-refractivity contribution < 1.29 is 68.3 Å². The minimum absolute atomic E-state index is 0.0327. The van der Waals surface area contributed by atoms with Crippen molar-refractivity contribution in [2.75, 3.05) is 32.8 Å². The first-order valence-electron chi connectivity index (χ1n) is 14.3. The summed E-state index contributed by atoms with van der Waals surface area (Å²) in [5.41, 5.74) is 23.2. The monoisotopic (exact) mass is 648 g/mol. The van der Waals surface area contributed by atoms with Gasteiger partial charge < -0.3 is 88.3 Å².